The molecule has 0 unspecified atom stereocenters. The second kappa shape index (κ2) is 16.5. The average Bonchev–Trinajstić information content (AvgIpc) is 3.53. The van der Waals surface area contributed by atoms with E-state index in [1.165, 1.54) is 11.8 Å². The smallest absolute Gasteiger partial charge is 0.252 e. The highest BCUT2D eigenvalue weighted by Crippen LogP contribution is 2.27. The predicted octanol–water partition coefficient (Wildman–Crippen LogP) is 1.67. The van der Waals surface area contributed by atoms with Crippen LogP contribution in [0.3, 0.4) is 0 Å². The molecule has 0 spiro atoms. The summed E-state index contributed by atoms with van der Waals surface area (Å²) in [6.45, 7) is 6.02. The molecule has 15 heteroatoms. The summed E-state index contributed by atoms with van der Waals surface area (Å²) >= 11 is 6.37. The van der Waals surface area contributed by atoms with Crippen LogP contribution in [0.1, 0.15) is 67.7 Å². The maximum Gasteiger partial charge on any atom is 0.252 e. The van der Waals surface area contributed by atoms with Crippen molar-refractivity contribution >= 4 is 57.9 Å². The number of nitrogens with zero attached hydrogens (tertiary/aromatic N) is 2. The van der Waals surface area contributed by atoms with Crippen LogP contribution in [0, 0.1) is 12.8 Å². The molecular weight excluding hydrogens is 690 g/mol. The van der Waals surface area contributed by atoms with Crippen molar-refractivity contribution in [1.29, 1.82) is 0 Å². The molecule has 2 fully saturated rings. The lowest BCUT2D eigenvalue weighted by Crippen LogP contribution is -2.59. The number of para-hydroxylation sites is 1. The van der Waals surface area contributed by atoms with E-state index in [1.807, 2.05) is 13.8 Å². The zero-order chi connectivity index (χ0) is 37.7. The van der Waals surface area contributed by atoms with E-state index in [1.54, 1.807) is 61.5 Å². The third-order valence-electron chi connectivity index (χ3n) is 9.20. The molecule has 2 saturated heterocycles. The Kier molecular flexibility index (Phi) is 12.1. The number of carbonyl (C=O) groups is 6. The molecule has 52 heavy (non-hydrogen) atoms. The van der Waals surface area contributed by atoms with Crippen molar-refractivity contribution in [2.45, 2.75) is 83.2 Å². The number of aliphatic hydroxyl groups is 1. The van der Waals surface area contributed by atoms with Crippen molar-refractivity contribution in [3.63, 3.8) is 0 Å². The number of hydrogen-bond donors (Lipinski definition) is 6. The van der Waals surface area contributed by atoms with Gasteiger partial charge in [-0.25, -0.2) is 0 Å². The number of rotatable bonds is 6. The number of aromatic nitrogens is 1. The Hall–Kier alpha value is -5.08. The van der Waals surface area contributed by atoms with Crippen molar-refractivity contribution in [3.8, 4) is 0 Å². The fourth-order valence-corrected chi connectivity index (χ4v) is 6.85. The van der Waals surface area contributed by atoms with Gasteiger partial charge in [0.2, 0.25) is 29.5 Å². The summed E-state index contributed by atoms with van der Waals surface area (Å²) in [4.78, 5) is 87.7. The highest BCUT2D eigenvalue weighted by atomic mass is 35.5. The Labute approximate surface area is 306 Å². The van der Waals surface area contributed by atoms with Crippen LogP contribution < -0.4 is 26.6 Å². The summed E-state index contributed by atoms with van der Waals surface area (Å²) in [5.74, 6) is -3.76. The SMILES string of the molecule is Cc1cc(C(=O)N[C@H]2C[C@H]3C(=O)N[C@@H](C)C(=O)N[C@H](c4ccccc4)CC(=O)N[C@@H](CC(C)C)C(=O)N[C@@H](CO)C(=O)N3C2)c2cccc(Cl)c2n1. The minimum Gasteiger partial charge on any atom is -0.394 e. The second-order valence-electron chi connectivity index (χ2n) is 13.8. The molecule has 2 aromatic carbocycles. The first-order chi connectivity index (χ1) is 24.7. The third kappa shape index (κ3) is 8.86. The number of pyridine rings is 1. The molecule has 14 nitrogen and oxygen atoms in total. The lowest BCUT2D eigenvalue weighted by molar-refractivity contribution is -0.143. The molecule has 0 aliphatic carbocycles. The first-order valence-corrected chi connectivity index (χ1v) is 17.7. The molecule has 0 saturated carbocycles. The van der Waals surface area contributed by atoms with Gasteiger partial charge in [0, 0.05) is 23.7 Å². The van der Waals surface area contributed by atoms with E-state index in [9.17, 15) is 33.9 Å². The number of amides is 6. The van der Waals surface area contributed by atoms with Crippen molar-refractivity contribution in [2.75, 3.05) is 13.2 Å². The Morgan fingerprint density at radius 3 is 2.38 bits per heavy atom. The first-order valence-electron chi connectivity index (χ1n) is 17.3. The number of aryl methyl sites for hydroxylation is 1. The van der Waals surface area contributed by atoms with Gasteiger partial charge in [0.25, 0.3) is 5.91 Å². The number of fused-ring (bicyclic) bond motifs is 2. The topological polar surface area (TPSA) is 199 Å². The van der Waals surface area contributed by atoms with Crippen molar-refractivity contribution in [2.24, 2.45) is 5.92 Å². The molecule has 2 aliphatic rings. The van der Waals surface area contributed by atoms with E-state index < -0.39 is 78.3 Å². The molecule has 0 bridgehead atoms. The van der Waals surface area contributed by atoms with Gasteiger partial charge >= 0.3 is 0 Å². The zero-order valence-corrected chi connectivity index (χ0v) is 30.2. The molecule has 1 aromatic heterocycles. The molecule has 3 heterocycles. The molecule has 3 aromatic rings. The standard InChI is InChI=1S/C37H44ClN7O7/c1-19(2)13-28-35(50)44-29(18-46)37(52)45-17-23(41-34(49)25-14-20(3)39-32-24(25)11-8-12-26(32)38)15-30(45)36(51)40-21(4)33(48)43-27(16-31(47)42-28)22-9-6-5-7-10-22/h5-12,14,19,21,23,27-30,46H,13,15-18H2,1-4H3,(H,40,51)(H,41,49)(H,42,47)(H,43,48)(H,44,50)/t21-,23-,27-,28-,29-,30-/m0/s1. The minimum atomic E-state index is -1.47. The summed E-state index contributed by atoms with van der Waals surface area (Å²) in [7, 11) is 0. The molecule has 6 N–H and O–H groups in total. The number of benzene rings is 2. The maximum absolute atomic E-state index is 14.0. The van der Waals surface area contributed by atoms with Crippen LogP contribution in [0.15, 0.2) is 54.6 Å². The van der Waals surface area contributed by atoms with E-state index in [0.717, 1.165) is 0 Å². The Morgan fingerprint density at radius 1 is 0.962 bits per heavy atom. The van der Waals surface area contributed by atoms with Crippen LogP contribution in [-0.2, 0) is 24.0 Å². The average molecular weight is 734 g/mol. The number of carbonyl (C=O) groups excluding carboxylic acids is 6. The van der Waals surface area contributed by atoms with E-state index in [0.29, 0.717) is 32.7 Å². The molecular formula is C37H44ClN7O7. The van der Waals surface area contributed by atoms with Gasteiger partial charge < -0.3 is 36.6 Å². The fourth-order valence-electron chi connectivity index (χ4n) is 6.63. The maximum atomic E-state index is 14.0. The van der Waals surface area contributed by atoms with Crippen molar-refractivity contribution < 1.29 is 33.9 Å². The normalized spacial score (nSPS) is 24.9. The van der Waals surface area contributed by atoms with Crippen molar-refractivity contribution in [3.05, 3.63) is 76.4 Å². The Balaban J connectivity index is 1.46. The van der Waals surface area contributed by atoms with Crippen LogP contribution in [0.5, 0.6) is 0 Å². The van der Waals surface area contributed by atoms with Gasteiger partial charge in [-0.1, -0.05) is 67.9 Å². The molecule has 6 atom stereocenters. The van der Waals surface area contributed by atoms with E-state index >= 15 is 0 Å². The highest BCUT2D eigenvalue weighted by molar-refractivity contribution is 6.35. The van der Waals surface area contributed by atoms with Crippen LogP contribution in [0.4, 0.5) is 0 Å². The molecule has 276 valence electrons. The van der Waals surface area contributed by atoms with Crippen molar-refractivity contribution in [1.82, 2.24) is 36.5 Å². The summed E-state index contributed by atoms with van der Waals surface area (Å²) < 4.78 is 0. The van der Waals surface area contributed by atoms with Crippen LogP contribution in [-0.4, -0.2) is 93.8 Å². The van der Waals surface area contributed by atoms with Gasteiger partial charge in [-0.15, -0.1) is 0 Å². The van der Waals surface area contributed by atoms with Gasteiger partial charge in [0.1, 0.15) is 24.2 Å². The minimum absolute atomic E-state index is 0.0226. The Morgan fingerprint density at radius 2 is 1.69 bits per heavy atom. The van der Waals surface area contributed by atoms with Gasteiger partial charge in [-0.05, 0) is 50.3 Å². The van der Waals surface area contributed by atoms with Gasteiger partial charge in [-0.2, -0.15) is 0 Å². The van der Waals surface area contributed by atoms with E-state index in [4.69, 9.17) is 11.6 Å². The molecule has 0 radical (unpaired) electrons. The van der Waals surface area contributed by atoms with E-state index in [-0.39, 0.29) is 31.7 Å². The van der Waals surface area contributed by atoms with Crippen LogP contribution in [0.25, 0.3) is 10.9 Å². The quantitative estimate of drug-likeness (QED) is 0.220. The lowest BCUT2D eigenvalue weighted by atomic mass is 10.00. The fraction of sp³-hybridized carbons (Fsp3) is 0.432. The highest BCUT2D eigenvalue weighted by Gasteiger charge is 2.44. The Bertz CT molecular complexity index is 1860. The van der Waals surface area contributed by atoms with Crippen LogP contribution >= 0.6 is 11.6 Å². The number of nitrogens with one attached hydrogen (secondary N) is 5. The first kappa shape index (κ1) is 38.2. The predicted molar refractivity (Wildman–Crippen MR) is 193 cm³/mol. The number of aliphatic hydroxyl groups excluding tert-OH is 1. The van der Waals surface area contributed by atoms with E-state index in [2.05, 4.69) is 31.6 Å². The lowest BCUT2D eigenvalue weighted by Gasteiger charge is -2.30. The molecule has 2 aliphatic heterocycles. The summed E-state index contributed by atoms with van der Waals surface area (Å²) in [5.41, 5.74) is 1.96. The third-order valence-corrected chi connectivity index (χ3v) is 9.51. The van der Waals surface area contributed by atoms with Gasteiger partial charge in [0.05, 0.1) is 35.2 Å². The largest absolute Gasteiger partial charge is 0.394 e. The molecule has 6 amide bonds. The summed E-state index contributed by atoms with van der Waals surface area (Å²) in [6, 6.07) is 9.24. The van der Waals surface area contributed by atoms with Gasteiger partial charge in [-0.3, -0.25) is 33.8 Å². The molecule has 5 rings (SSSR count). The summed E-state index contributed by atoms with van der Waals surface area (Å²) in [6.07, 6.45) is -0.0113. The number of halogens is 1. The van der Waals surface area contributed by atoms with Gasteiger partial charge in [0.15, 0.2) is 0 Å². The number of hydrogen-bond acceptors (Lipinski definition) is 8. The zero-order valence-electron chi connectivity index (χ0n) is 29.4. The second-order valence-corrected chi connectivity index (χ2v) is 14.2. The monoisotopic (exact) mass is 733 g/mol. The summed E-state index contributed by atoms with van der Waals surface area (Å²) in [5, 5.41) is 25.0. The van der Waals surface area contributed by atoms with Crippen LogP contribution in [0.2, 0.25) is 5.02 Å².